The molecule has 0 bridgehead atoms. The second-order valence-corrected chi connectivity index (χ2v) is 8.10. The lowest BCUT2D eigenvalue weighted by Gasteiger charge is -2.25. The van der Waals surface area contributed by atoms with Crippen LogP contribution in [0.3, 0.4) is 0 Å². The van der Waals surface area contributed by atoms with Crippen LogP contribution in [-0.4, -0.2) is 42.8 Å². The molecule has 2 amide bonds. The van der Waals surface area contributed by atoms with Gasteiger partial charge in [-0.3, -0.25) is 4.79 Å². The maximum atomic E-state index is 12.9. The van der Waals surface area contributed by atoms with Crippen LogP contribution in [0.4, 0.5) is 4.79 Å². The van der Waals surface area contributed by atoms with Crippen molar-refractivity contribution in [3.63, 3.8) is 0 Å². The van der Waals surface area contributed by atoms with Crippen LogP contribution >= 0.6 is 0 Å². The summed E-state index contributed by atoms with van der Waals surface area (Å²) in [6.07, 6.45) is 0.00627. The van der Waals surface area contributed by atoms with Crippen molar-refractivity contribution in [1.82, 2.24) is 10.6 Å². The Kier molecular flexibility index (Phi) is 8.96. The molecule has 2 atom stereocenters. The lowest BCUT2D eigenvalue weighted by molar-refractivity contribution is -0.145. The van der Waals surface area contributed by atoms with E-state index in [0.717, 1.165) is 5.56 Å². The second kappa shape index (κ2) is 10.7. The molecule has 0 aliphatic heterocycles. The number of hydrogen-bond donors (Lipinski definition) is 2. The highest BCUT2D eigenvalue weighted by Crippen LogP contribution is 2.10. The van der Waals surface area contributed by atoms with Gasteiger partial charge in [0.15, 0.2) is 0 Å². The van der Waals surface area contributed by atoms with Gasteiger partial charge in [-0.05, 0) is 38.7 Å². The molecule has 0 aliphatic carbocycles. The Morgan fingerprint density at radius 3 is 2.11 bits per heavy atom. The fourth-order valence-corrected chi connectivity index (χ4v) is 2.61. The number of methoxy groups -OCH3 is 1. The molecule has 1 rings (SSSR count). The summed E-state index contributed by atoms with van der Waals surface area (Å²) >= 11 is 0. The first kappa shape index (κ1) is 23.5. The second-order valence-electron chi connectivity index (χ2n) is 8.10. The van der Waals surface area contributed by atoms with Gasteiger partial charge in [-0.2, -0.15) is 0 Å². The maximum absolute atomic E-state index is 12.9. The summed E-state index contributed by atoms with van der Waals surface area (Å²) in [4.78, 5) is 37.1. The Bertz CT molecular complexity index is 653. The van der Waals surface area contributed by atoms with Crippen LogP contribution < -0.4 is 10.6 Å². The third kappa shape index (κ3) is 8.88. The van der Waals surface area contributed by atoms with Crippen molar-refractivity contribution in [2.24, 2.45) is 5.92 Å². The van der Waals surface area contributed by atoms with Gasteiger partial charge in [0.1, 0.15) is 17.7 Å². The zero-order valence-corrected chi connectivity index (χ0v) is 17.6. The number of carbonyl (C=O) groups excluding carboxylic acids is 3. The largest absolute Gasteiger partial charge is 0.467 e. The Morgan fingerprint density at radius 1 is 1.00 bits per heavy atom. The molecule has 0 saturated heterocycles. The third-order valence-corrected chi connectivity index (χ3v) is 3.80. The normalized spacial score (nSPS) is 13.4. The third-order valence-electron chi connectivity index (χ3n) is 3.80. The Morgan fingerprint density at radius 2 is 1.61 bits per heavy atom. The van der Waals surface area contributed by atoms with Crippen molar-refractivity contribution >= 4 is 18.0 Å². The number of esters is 1. The molecule has 7 nitrogen and oxygen atoms in total. The highest BCUT2D eigenvalue weighted by atomic mass is 16.6. The predicted octanol–water partition coefficient (Wildman–Crippen LogP) is 2.83. The van der Waals surface area contributed by atoms with Crippen LogP contribution in [0.15, 0.2) is 30.3 Å². The fourth-order valence-electron chi connectivity index (χ4n) is 2.61. The van der Waals surface area contributed by atoms with E-state index in [1.54, 1.807) is 20.8 Å². The quantitative estimate of drug-likeness (QED) is 0.664. The van der Waals surface area contributed by atoms with Gasteiger partial charge in [-0.25, -0.2) is 9.59 Å². The van der Waals surface area contributed by atoms with E-state index in [2.05, 4.69) is 10.6 Å². The van der Waals surface area contributed by atoms with Gasteiger partial charge in [0.05, 0.1) is 7.11 Å². The number of benzene rings is 1. The minimum Gasteiger partial charge on any atom is -0.467 e. The lowest BCUT2D eigenvalue weighted by Crippen LogP contribution is -2.53. The number of amides is 2. The van der Waals surface area contributed by atoms with Crippen LogP contribution in [0.25, 0.3) is 0 Å². The first-order chi connectivity index (χ1) is 13.0. The Balaban J connectivity index is 2.95. The SMILES string of the molecule is COC(=O)C(CC(C)C)NC(=O)C(Cc1ccccc1)NC(=O)OC(C)(C)C. The molecule has 2 N–H and O–H groups in total. The number of rotatable bonds is 8. The first-order valence-electron chi connectivity index (χ1n) is 9.43. The number of ether oxygens (including phenoxy) is 2. The molecular formula is C21H32N2O5. The van der Waals surface area contributed by atoms with Crippen LogP contribution in [0.5, 0.6) is 0 Å². The van der Waals surface area contributed by atoms with Crippen molar-refractivity contribution < 1.29 is 23.9 Å². The highest BCUT2D eigenvalue weighted by Gasteiger charge is 2.29. The lowest BCUT2D eigenvalue weighted by atomic mass is 10.0. The Labute approximate surface area is 167 Å². The van der Waals surface area contributed by atoms with Gasteiger partial charge < -0.3 is 20.1 Å². The minimum absolute atomic E-state index is 0.177. The summed E-state index contributed by atoms with van der Waals surface area (Å²) < 4.78 is 10.1. The highest BCUT2D eigenvalue weighted by molar-refractivity contribution is 5.89. The molecule has 0 fully saturated rings. The molecule has 0 saturated carbocycles. The van der Waals surface area contributed by atoms with Gasteiger partial charge in [-0.1, -0.05) is 44.2 Å². The minimum atomic E-state index is -0.892. The predicted molar refractivity (Wildman–Crippen MR) is 107 cm³/mol. The molecule has 0 aromatic heterocycles. The van der Waals surface area contributed by atoms with E-state index < -0.39 is 35.7 Å². The molecule has 0 spiro atoms. The Hall–Kier alpha value is -2.57. The molecule has 0 heterocycles. The van der Waals surface area contributed by atoms with Crippen molar-refractivity contribution in [3.05, 3.63) is 35.9 Å². The molecule has 1 aromatic carbocycles. The van der Waals surface area contributed by atoms with E-state index in [4.69, 9.17) is 9.47 Å². The van der Waals surface area contributed by atoms with Crippen molar-refractivity contribution in [3.8, 4) is 0 Å². The van der Waals surface area contributed by atoms with E-state index in [1.807, 2.05) is 44.2 Å². The summed E-state index contributed by atoms with van der Waals surface area (Å²) in [7, 11) is 1.28. The molecule has 0 aliphatic rings. The molecular weight excluding hydrogens is 360 g/mol. The number of hydrogen-bond acceptors (Lipinski definition) is 5. The van der Waals surface area contributed by atoms with Crippen molar-refractivity contribution in [1.29, 1.82) is 0 Å². The van der Waals surface area contributed by atoms with E-state index in [9.17, 15) is 14.4 Å². The van der Waals surface area contributed by atoms with E-state index in [1.165, 1.54) is 7.11 Å². The number of nitrogens with one attached hydrogen (secondary N) is 2. The topological polar surface area (TPSA) is 93.7 Å². The summed E-state index contributed by atoms with van der Waals surface area (Å²) in [5.74, 6) is -0.806. The maximum Gasteiger partial charge on any atom is 0.408 e. The smallest absolute Gasteiger partial charge is 0.408 e. The van der Waals surface area contributed by atoms with Crippen LogP contribution in [0.2, 0.25) is 0 Å². The van der Waals surface area contributed by atoms with Gasteiger partial charge in [0, 0.05) is 6.42 Å². The molecule has 28 heavy (non-hydrogen) atoms. The van der Waals surface area contributed by atoms with Gasteiger partial charge in [0.25, 0.3) is 0 Å². The zero-order chi connectivity index (χ0) is 21.3. The first-order valence-corrected chi connectivity index (χ1v) is 9.43. The van der Waals surface area contributed by atoms with E-state index in [-0.39, 0.29) is 12.3 Å². The fraction of sp³-hybridized carbons (Fsp3) is 0.571. The van der Waals surface area contributed by atoms with Crippen LogP contribution in [0.1, 0.15) is 46.6 Å². The summed E-state index contributed by atoms with van der Waals surface area (Å²) in [6.45, 7) is 9.13. The molecule has 7 heteroatoms. The zero-order valence-electron chi connectivity index (χ0n) is 17.6. The molecule has 0 radical (unpaired) electrons. The van der Waals surface area contributed by atoms with Gasteiger partial charge >= 0.3 is 12.1 Å². The average Bonchev–Trinajstić information content (AvgIpc) is 2.58. The molecule has 156 valence electrons. The van der Waals surface area contributed by atoms with E-state index in [0.29, 0.717) is 6.42 Å². The van der Waals surface area contributed by atoms with E-state index >= 15 is 0 Å². The van der Waals surface area contributed by atoms with Gasteiger partial charge in [0.2, 0.25) is 5.91 Å². The van der Waals surface area contributed by atoms with Crippen LogP contribution in [0, 0.1) is 5.92 Å². The molecule has 2 unspecified atom stereocenters. The summed E-state index contributed by atoms with van der Waals surface area (Å²) in [6, 6.07) is 7.64. The van der Waals surface area contributed by atoms with Crippen molar-refractivity contribution in [2.45, 2.75) is 65.1 Å². The standard InChI is InChI=1S/C21H32N2O5/c1-14(2)12-17(19(25)27-6)22-18(24)16(13-15-10-8-7-9-11-15)23-20(26)28-21(3,4)5/h7-11,14,16-17H,12-13H2,1-6H3,(H,22,24)(H,23,26). The van der Waals surface area contributed by atoms with Crippen LogP contribution in [-0.2, 0) is 25.5 Å². The summed E-state index contributed by atoms with van der Waals surface area (Å²) in [5, 5.41) is 5.32. The van der Waals surface area contributed by atoms with Crippen molar-refractivity contribution in [2.75, 3.05) is 7.11 Å². The molecule has 1 aromatic rings. The average molecular weight is 392 g/mol. The number of alkyl carbamates (subject to hydrolysis) is 1. The van der Waals surface area contributed by atoms with Gasteiger partial charge in [-0.15, -0.1) is 0 Å². The summed E-state index contributed by atoms with van der Waals surface area (Å²) in [5.41, 5.74) is 0.182. The monoisotopic (exact) mass is 392 g/mol. The number of carbonyl (C=O) groups is 3.